The van der Waals surface area contributed by atoms with Gasteiger partial charge in [0.05, 0.1) is 6.07 Å². The van der Waals surface area contributed by atoms with E-state index < -0.39 is 11.4 Å². The van der Waals surface area contributed by atoms with Gasteiger partial charge in [0.25, 0.3) is 0 Å². The van der Waals surface area contributed by atoms with E-state index in [1.807, 2.05) is 30.3 Å². The SMILES string of the molecule is N#CC1(C(=O)O)CCN(c2ccc(Br)cc2)CC1. The molecule has 1 aromatic rings. The molecule has 0 aromatic heterocycles. The van der Waals surface area contributed by atoms with E-state index in [4.69, 9.17) is 10.4 Å². The molecule has 0 atom stereocenters. The minimum Gasteiger partial charge on any atom is -0.480 e. The third kappa shape index (κ3) is 2.34. The lowest BCUT2D eigenvalue weighted by Gasteiger charge is -2.35. The summed E-state index contributed by atoms with van der Waals surface area (Å²) in [4.78, 5) is 13.3. The first-order valence-electron chi connectivity index (χ1n) is 5.72. The minimum atomic E-state index is -1.20. The molecule has 94 valence electrons. The predicted molar refractivity (Wildman–Crippen MR) is 71.3 cm³/mol. The van der Waals surface area contributed by atoms with E-state index in [9.17, 15) is 4.79 Å². The normalized spacial score (nSPS) is 18.1. The van der Waals surface area contributed by atoms with E-state index >= 15 is 0 Å². The van der Waals surface area contributed by atoms with Crippen molar-refractivity contribution in [1.82, 2.24) is 0 Å². The number of hydrogen-bond donors (Lipinski definition) is 1. The number of carboxylic acid groups (broad SMARTS) is 1. The Kier molecular flexibility index (Phi) is 3.58. The first-order valence-corrected chi connectivity index (χ1v) is 6.52. The van der Waals surface area contributed by atoms with Crippen molar-refractivity contribution in [3.8, 4) is 6.07 Å². The van der Waals surface area contributed by atoms with Crippen LogP contribution in [0.4, 0.5) is 5.69 Å². The molecule has 0 spiro atoms. The summed E-state index contributed by atoms with van der Waals surface area (Å²) in [6.45, 7) is 1.20. The number of hydrogen-bond acceptors (Lipinski definition) is 3. The van der Waals surface area contributed by atoms with Crippen LogP contribution in [0.2, 0.25) is 0 Å². The largest absolute Gasteiger partial charge is 0.480 e. The molecular formula is C13H13BrN2O2. The van der Waals surface area contributed by atoms with Gasteiger partial charge in [-0.15, -0.1) is 0 Å². The van der Waals surface area contributed by atoms with Gasteiger partial charge in [-0.3, -0.25) is 4.79 Å². The van der Waals surface area contributed by atoms with Crippen molar-refractivity contribution < 1.29 is 9.90 Å². The number of halogens is 1. The fourth-order valence-corrected chi connectivity index (χ4v) is 2.44. The molecule has 0 amide bonds. The lowest BCUT2D eigenvalue weighted by atomic mass is 9.80. The first-order chi connectivity index (χ1) is 8.57. The van der Waals surface area contributed by atoms with Crippen LogP contribution >= 0.6 is 15.9 Å². The summed E-state index contributed by atoms with van der Waals surface area (Å²) < 4.78 is 1.01. The van der Waals surface area contributed by atoms with Crippen LogP contribution in [-0.2, 0) is 4.79 Å². The lowest BCUT2D eigenvalue weighted by molar-refractivity contribution is -0.146. The van der Waals surface area contributed by atoms with Crippen molar-refractivity contribution in [1.29, 1.82) is 5.26 Å². The minimum absolute atomic E-state index is 0.370. The van der Waals surface area contributed by atoms with E-state index in [-0.39, 0.29) is 0 Å². The number of aliphatic carboxylic acids is 1. The van der Waals surface area contributed by atoms with Gasteiger partial charge in [-0.2, -0.15) is 5.26 Å². The van der Waals surface area contributed by atoms with E-state index in [1.165, 1.54) is 0 Å². The Morgan fingerprint density at radius 1 is 1.33 bits per heavy atom. The maximum absolute atomic E-state index is 11.1. The highest BCUT2D eigenvalue weighted by molar-refractivity contribution is 9.10. The maximum Gasteiger partial charge on any atom is 0.324 e. The number of nitrogens with zero attached hydrogens (tertiary/aromatic N) is 2. The van der Waals surface area contributed by atoms with Crippen molar-refractivity contribution in [2.75, 3.05) is 18.0 Å². The van der Waals surface area contributed by atoms with E-state index in [2.05, 4.69) is 20.8 Å². The van der Waals surface area contributed by atoms with Crippen molar-refractivity contribution in [2.24, 2.45) is 5.41 Å². The predicted octanol–water partition coefficient (Wildman–Crippen LogP) is 2.64. The van der Waals surface area contributed by atoms with Crippen molar-refractivity contribution in [2.45, 2.75) is 12.8 Å². The van der Waals surface area contributed by atoms with Crippen LogP contribution in [0.1, 0.15) is 12.8 Å². The van der Waals surface area contributed by atoms with Crippen LogP contribution < -0.4 is 4.90 Å². The zero-order valence-corrected chi connectivity index (χ0v) is 11.4. The standard InChI is InChI=1S/C13H13BrN2O2/c14-10-1-3-11(4-2-10)16-7-5-13(9-15,6-8-16)12(17)18/h1-4H,5-8H2,(H,17,18). The summed E-state index contributed by atoms with van der Waals surface area (Å²) >= 11 is 3.38. The molecule has 1 N–H and O–H groups in total. The second kappa shape index (κ2) is 4.99. The van der Waals surface area contributed by atoms with Gasteiger partial charge in [0.15, 0.2) is 5.41 Å². The summed E-state index contributed by atoms with van der Waals surface area (Å²) in [7, 11) is 0. The summed E-state index contributed by atoms with van der Waals surface area (Å²) in [5.74, 6) is -1.000. The van der Waals surface area contributed by atoms with Gasteiger partial charge in [-0.25, -0.2) is 0 Å². The maximum atomic E-state index is 11.1. The highest BCUT2D eigenvalue weighted by atomic mass is 79.9. The molecule has 18 heavy (non-hydrogen) atoms. The molecule has 1 aromatic carbocycles. The fraction of sp³-hybridized carbons (Fsp3) is 0.385. The van der Waals surface area contributed by atoms with Gasteiger partial charge in [0.2, 0.25) is 0 Å². The number of benzene rings is 1. The molecule has 5 heteroatoms. The smallest absolute Gasteiger partial charge is 0.324 e. The topological polar surface area (TPSA) is 64.3 Å². The number of piperidine rings is 1. The molecule has 1 aliphatic heterocycles. The summed E-state index contributed by atoms with van der Waals surface area (Å²) in [5, 5.41) is 18.2. The van der Waals surface area contributed by atoms with E-state index in [0.717, 1.165) is 10.2 Å². The third-order valence-electron chi connectivity index (χ3n) is 3.43. The molecule has 0 radical (unpaired) electrons. The quantitative estimate of drug-likeness (QED) is 0.912. The fourth-order valence-electron chi connectivity index (χ4n) is 2.17. The van der Waals surface area contributed by atoms with E-state index in [1.54, 1.807) is 0 Å². The second-order valence-corrected chi connectivity index (χ2v) is 5.38. The molecule has 1 aliphatic rings. The van der Waals surface area contributed by atoms with Gasteiger partial charge < -0.3 is 10.0 Å². The molecule has 4 nitrogen and oxygen atoms in total. The van der Waals surface area contributed by atoms with Gasteiger partial charge in [-0.05, 0) is 37.1 Å². The Balaban J connectivity index is 2.09. The van der Waals surface area contributed by atoms with E-state index in [0.29, 0.717) is 25.9 Å². The Morgan fingerprint density at radius 2 is 1.89 bits per heavy atom. The van der Waals surface area contributed by atoms with Crippen molar-refractivity contribution in [3.05, 3.63) is 28.7 Å². The van der Waals surface area contributed by atoms with Crippen LogP contribution in [0.5, 0.6) is 0 Å². The Hall–Kier alpha value is -1.54. The van der Waals surface area contributed by atoms with Crippen LogP contribution in [-0.4, -0.2) is 24.2 Å². The van der Waals surface area contributed by atoms with Gasteiger partial charge in [0, 0.05) is 23.2 Å². The molecule has 0 saturated carbocycles. The molecule has 0 aliphatic carbocycles. The number of carboxylic acids is 1. The average molecular weight is 309 g/mol. The van der Waals surface area contributed by atoms with Crippen molar-refractivity contribution in [3.63, 3.8) is 0 Å². The Bertz CT molecular complexity index is 485. The molecule has 1 fully saturated rings. The molecule has 0 unspecified atom stereocenters. The Morgan fingerprint density at radius 3 is 2.33 bits per heavy atom. The van der Waals surface area contributed by atoms with Gasteiger partial charge in [0.1, 0.15) is 0 Å². The summed E-state index contributed by atoms with van der Waals surface area (Å²) in [6.07, 6.45) is 0.740. The molecule has 1 saturated heterocycles. The van der Waals surface area contributed by atoms with Gasteiger partial charge in [-0.1, -0.05) is 15.9 Å². The van der Waals surface area contributed by atoms with Crippen LogP contribution in [0, 0.1) is 16.7 Å². The summed E-state index contributed by atoms with van der Waals surface area (Å²) in [6, 6.07) is 9.86. The average Bonchev–Trinajstić information content (AvgIpc) is 2.39. The second-order valence-electron chi connectivity index (χ2n) is 4.46. The highest BCUT2D eigenvalue weighted by Gasteiger charge is 2.41. The number of nitriles is 1. The van der Waals surface area contributed by atoms with Crippen LogP contribution in [0.15, 0.2) is 28.7 Å². The van der Waals surface area contributed by atoms with Gasteiger partial charge >= 0.3 is 5.97 Å². The van der Waals surface area contributed by atoms with Crippen LogP contribution in [0.3, 0.4) is 0 Å². The molecule has 0 bridgehead atoms. The third-order valence-corrected chi connectivity index (χ3v) is 3.96. The number of rotatable bonds is 2. The highest BCUT2D eigenvalue weighted by Crippen LogP contribution is 2.33. The zero-order chi connectivity index (χ0) is 13.2. The van der Waals surface area contributed by atoms with Crippen LogP contribution in [0.25, 0.3) is 0 Å². The zero-order valence-electron chi connectivity index (χ0n) is 9.77. The molecular weight excluding hydrogens is 296 g/mol. The number of carbonyl (C=O) groups is 1. The summed E-state index contributed by atoms with van der Waals surface area (Å²) in [5.41, 5.74) is -0.138. The monoisotopic (exact) mass is 308 g/mol. The Labute approximate surface area is 114 Å². The van der Waals surface area contributed by atoms with Crippen molar-refractivity contribution >= 4 is 27.6 Å². The molecule has 2 rings (SSSR count). The molecule has 1 heterocycles. The lowest BCUT2D eigenvalue weighted by Crippen LogP contribution is -2.43. The number of anilines is 1. The first kappa shape index (κ1) is 12.9.